The summed E-state index contributed by atoms with van der Waals surface area (Å²) in [5.41, 5.74) is 7.42. The van der Waals surface area contributed by atoms with Crippen LogP contribution >= 0.6 is 0 Å². The number of fused-ring (bicyclic) bond motifs is 1. The molecule has 1 aliphatic rings. The zero-order chi connectivity index (χ0) is 14.0. The Bertz CT molecular complexity index is 497. The Labute approximate surface area is 113 Å². The molecule has 0 spiro atoms. The van der Waals surface area contributed by atoms with Crippen molar-refractivity contribution in [3.8, 4) is 0 Å². The van der Waals surface area contributed by atoms with Gasteiger partial charge >= 0.3 is 0 Å². The first kappa shape index (κ1) is 13.5. The first-order valence-corrected chi connectivity index (χ1v) is 6.53. The van der Waals surface area contributed by atoms with Crippen LogP contribution in [0.5, 0.6) is 0 Å². The fraction of sp³-hybridized carbons (Fsp3) is 0.429. The smallest absolute Gasteiger partial charge is 0.249 e. The SMILES string of the molecule is CCN(CC)C(=O)CN1C(=O)C(N)c2ccccc21. The van der Waals surface area contributed by atoms with E-state index in [1.54, 1.807) is 4.90 Å². The van der Waals surface area contributed by atoms with Crippen molar-refractivity contribution in [1.29, 1.82) is 0 Å². The van der Waals surface area contributed by atoms with Crippen LogP contribution in [0.15, 0.2) is 24.3 Å². The molecule has 0 saturated carbocycles. The van der Waals surface area contributed by atoms with Gasteiger partial charge in [-0.2, -0.15) is 0 Å². The number of hydrogen-bond donors (Lipinski definition) is 1. The Balaban J connectivity index is 2.22. The second kappa shape index (κ2) is 5.40. The van der Waals surface area contributed by atoms with E-state index in [2.05, 4.69) is 0 Å². The van der Waals surface area contributed by atoms with E-state index in [1.807, 2.05) is 38.1 Å². The summed E-state index contributed by atoms with van der Waals surface area (Å²) in [4.78, 5) is 27.4. The van der Waals surface area contributed by atoms with Gasteiger partial charge in [-0.1, -0.05) is 18.2 Å². The number of amides is 2. The van der Waals surface area contributed by atoms with Crippen LogP contribution in [-0.2, 0) is 9.59 Å². The van der Waals surface area contributed by atoms with E-state index in [0.29, 0.717) is 13.1 Å². The molecule has 2 N–H and O–H groups in total. The summed E-state index contributed by atoms with van der Waals surface area (Å²) in [5, 5.41) is 0. The van der Waals surface area contributed by atoms with E-state index < -0.39 is 6.04 Å². The second-order valence-corrected chi connectivity index (χ2v) is 4.53. The molecule has 1 unspecified atom stereocenters. The van der Waals surface area contributed by atoms with Gasteiger partial charge in [0.2, 0.25) is 11.8 Å². The molecular weight excluding hydrogens is 242 g/mol. The third kappa shape index (κ3) is 2.33. The minimum Gasteiger partial charge on any atom is -0.342 e. The van der Waals surface area contributed by atoms with Crippen molar-refractivity contribution in [1.82, 2.24) is 4.90 Å². The van der Waals surface area contributed by atoms with Crippen molar-refractivity contribution in [2.75, 3.05) is 24.5 Å². The normalized spacial score (nSPS) is 17.5. The van der Waals surface area contributed by atoms with E-state index >= 15 is 0 Å². The molecule has 1 atom stereocenters. The predicted molar refractivity (Wildman–Crippen MR) is 73.7 cm³/mol. The lowest BCUT2D eigenvalue weighted by Crippen LogP contribution is -2.42. The van der Waals surface area contributed by atoms with Gasteiger partial charge in [0.15, 0.2) is 0 Å². The van der Waals surface area contributed by atoms with Crippen LogP contribution in [0.3, 0.4) is 0 Å². The molecular formula is C14H19N3O2. The molecule has 2 rings (SSSR count). The quantitative estimate of drug-likeness (QED) is 0.875. The number of nitrogens with two attached hydrogens (primary N) is 1. The molecule has 102 valence electrons. The van der Waals surface area contributed by atoms with Crippen molar-refractivity contribution in [2.45, 2.75) is 19.9 Å². The minimum atomic E-state index is -0.652. The van der Waals surface area contributed by atoms with E-state index in [-0.39, 0.29) is 18.4 Å². The van der Waals surface area contributed by atoms with Crippen LogP contribution in [0.2, 0.25) is 0 Å². The van der Waals surface area contributed by atoms with Crippen LogP contribution in [0.1, 0.15) is 25.5 Å². The van der Waals surface area contributed by atoms with Gasteiger partial charge in [0.25, 0.3) is 0 Å². The molecule has 1 aromatic rings. The largest absolute Gasteiger partial charge is 0.342 e. The predicted octanol–water partition coefficient (Wildman–Crippen LogP) is 0.901. The molecule has 0 aromatic heterocycles. The van der Waals surface area contributed by atoms with Crippen molar-refractivity contribution >= 4 is 17.5 Å². The average molecular weight is 261 g/mol. The van der Waals surface area contributed by atoms with Crippen LogP contribution in [0.25, 0.3) is 0 Å². The van der Waals surface area contributed by atoms with Crippen molar-refractivity contribution in [2.24, 2.45) is 5.73 Å². The Morgan fingerprint density at radius 2 is 1.95 bits per heavy atom. The van der Waals surface area contributed by atoms with Crippen LogP contribution < -0.4 is 10.6 Å². The molecule has 19 heavy (non-hydrogen) atoms. The van der Waals surface area contributed by atoms with Crippen molar-refractivity contribution in [3.63, 3.8) is 0 Å². The highest BCUT2D eigenvalue weighted by atomic mass is 16.2. The Morgan fingerprint density at radius 1 is 1.32 bits per heavy atom. The number of nitrogens with zero attached hydrogens (tertiary/aromatic N) is 2. The fourth-order valence-electron chi connectivity index (χ4n) is 2.39. The lowest BCUT2D eigenvalue weighted by molar-refractivity contribution is -0.131. The number of benzene rings is 1. The highest BCUT2D eigenvalue weighted by Gasteiger charge is 2.35. The highest BCUT2D eigenvalue weighted by molar-refractivity contribution is 6.07. The highest BCUT2D eigenvalue weighted by Crippen LogP contribution is 2.33. The number of carbonyl (C=O) groups excluding carboxylic acids is 2. The van der Waals surface area contributed by atoms with Gasteiger partial charge in [0, 0.05) is 24.3 Å². The van der Waals surface area contributed by atoms with E-state index in [1.165, 1.54) is 4.90 Å². The van der Waals surface area contributed by atoms with Gasteiger partial charge < -0.3 is 15.5 Å². The standard InChI is InChI=1S/C14H19N3O2/c1-3-16(4-2)12(18)9-17-11-8-6-5-7-10(11)13(15)14(17)19/h5-8,13H,3-4,9,15H2,1-2H3. The number of anilines is 1. The number of carbonyl (C=O) groups is 2. The van der Waals surface area contributed by atoms with Crippen molar-refractivity contribution in [3.05, 3.63) is 29.8 Å². The van der Waals surface area contributed by atoms with Crippen LogP contribution in [0.4, 0.5) is 5.69 Å². The number of rotatable bonds is 4. The van der Waals surface area contributed by atoms with Crippen molar-refractivity contribution < 1.29 is 9.59 Å². The lowest BCUT2D eigenvalue weighted by atomic mass is 10.1. The molecule has 0 radical (unpaired) electrons. The van der Waals surface area contributed by atoms with Gasteiger partial charge in [-0.05, 0) is 19.9 Å². The summed E-state index contributed by atoms with van der Waals surface area (Å²) < 4.78 is 0. The molecule has 1 heterocycles. The van der Waals surface area contributed by atoms with Crippen LogP contribution in [0, 0.1) is 0 Å². The lowest BCUT2D eigenvalue weighted by Gasteiger charge is -2.23. The minimum absolute atomic E-state index is 0.0535. The molecule has 2 amide bonds. The van der Waals surface area contributed by atoms with Gasteiger partial charge in [-0.3, -0.25) is 9.59 Å². The number of hydrogen-bond acceptors (Lipinski definition) is 3. The number of likely N-dealkylation sites (N-methyl/N-ethyl adjacent to an activating group) is 1. The molecule has 0 aliphatic carbocycles. The summed E-state index contributed by atoms with van der Waals surface area (Å²) in [6.07, 6.45) is 0. The Morgan fingerprint density at radius 3 is 2.58 bits per heavy atom. The van der Waals surface area contributed by atoms with Gasteiger partial charge in [0.1, 0.15) is 12.6 Å². The zero-order valence-electron chi connectivity index (χ0n) is 11.3. The van der Waals surface area contributed by atoms with Gasteiger partial charge in [0.05, 0.1) is 0 Å². The van der Waals surface area contributed by atoms with E-state index in [0.717, 1.165) is 11.3 Å². The molecule has 0 fully saturated rings. The first-order chi connectivity index (χ1) is 9.10. The molecule has 5 nitrogen and oxygen atoms in total. The molecule has 0 bridgehead atoms. The van der Waals surface area contributed by atoms with Gasteiger partial charge in [-0.15, -0.1) is 0 Å². The summed E-state index contributed by atoms with van der Waals surface area (Å²) in [6, 6.07) is 6.71. The maximum absolute atomic E-state index is 12.1. The maximum atomic E-state index is 12.1. The molecule has 1 aromatic carbocycles. The third-order valence-electron chi connectivity index (χ3n) is 3.50. The summed E-state index contributed by atoms with van der Waals surface area (Å²) in [7, 11) is 0. The average Bonchev–Trinajstić information content (AvgIpc) is 2.66. The first-order valence-electron chi connectivity index (χ1n) is 6.53. The second-order valence-electron chi connectivity index (χ2n) is 4.53. The zero-order valence-corrected chi connectivity index (χ0v) is 11.3. The molecule has 0 saturated heterocycles. The topological polar surface area (TPSA) is 66.6 Å². The third-order valence-corrected chi connectivity index (χ3v) is 3.50. The van der Waals surface area contributed by atoms with E-state index in [9.17, 15) is 9.59 Å². The van der Waals surface area contributed by atoms with Crippen LogP contribution in [-0.4, -0.2) is 36.3 Å². The maximum Gasteiger partial charge on any atom is 0.249 e. The van der Waals surface area contributed by atoms with E-state index in [4.69, 9.17) is 5.73 Å². The Kier molecular flexibility index (Phi) is 3.85. The summed E-state index contributed by atoms with van der Waals surface area (Å²) in [5.74, 6) is -0.260. The summed E-state index contributed by atoms with van der Waals surface area (Å²) >= 11 is 0. The monoisotopic (exact) mass is 261 g/mol. The van der Waals surface area contributed by atoms with Gasteiger partial charge in [-0.25, -0.2) is 0 Å². The molecule has 5 heteroatoms. The number of para-hydroxylation sites is 1. The fourth-order valence-corrected chi connectivity index (χ4v) is 2.39. The summed E-state index contributed by atoms with van der Waals surface area (Å²) in [6.45, 7) is 5.20. The Hall–Kier alpha value is -1.88. The molecule has 1 aliphatic heterocycles.